The third-order valence-corrected chi connectivity index (χ3v) is 7.17. The number of carbonyl (C=O) groups excluding carboxylic acids is 1. The molecule has 1 aliphatic carbocycles. The van der Waals surface area contributed by atoms with E-state index >= 15 is 0 Å². The van der Waals surface area contributed by atoms with Crippen molar-refractivity contribution >= 4 is 5.97 Å². The normalized spacial score (nSPS) is 30.3. The van der Waals surface area contributed by atoms with Gasteiger partial charge in [-0.15, -0.1) is 0 Å². The van der Waals surface area contributed by atoms with Crippen molar-refractivity contribution in [2.45, 2.75) is 26.9 Å². The lowest BCUT2D eigenvalue weighted by Gasteiger charge is -2.55. The fraction of sp³-hybridized carbons (Fsp3) is 0.423. The Bertz CT molecular complexity index is 918. The van der Waals surface area contributed by atoms with Crippen molar-refractivity contribution in [3.05, 3.63) is 77.4 Å². The van der Waals surface area contributed by atoms with Crippen molar-refractivity contribution in [1.82, 2.24) is 0 Å². The van der Waals surface area contributed by atoms with Gasteiger partial charge in [0.2, 0.25) is 0 Å². The van der Waals surface area contributed by atoms with Gasteiger partial charge in [0.05, 0.1) is 25.4 Å². The number of fused-ring (bicyclic) bond motifs is 2. The van der Waals surface area contributed by atoms with Crippen LogP contribution in [0.5, 0.6) is 5.75 Å². The van der Waals surface area contributed by atoms with Gasteiger partial charge < -0.3 is 14.2 Å². The standard InChI is InChI=1S/C26H30O4/c1-17-14-18(2)26(16-30-25(27)21-8-6-5-7-9-21)15-29-24(23(17)19(26)3)20-10-12-22(28-4)13-11-20/h5-14,18-19,23-24H,15-16H2,1-4H3/t18-,19+,23+,24+,26-/m1/s1. The summed E-state index contributed by atoms with van der Waals surface area (Å²) in [6.07, 6.45) is 2.34. The molecule has 1 aliphatic heterocycles. The lowest BCUT2D eigenvalue weighted by molar-refractivity contribution is -0.166. The predicted molar refractivity (Wildman–Crippen MR) is 116 cm³/mol. The minimum atomic E-state index is -0.274. The molecule has 5 atom stereocenters. The molecule has 0 N–H and O–H groups in total. The maximum absolute atomic E-state index is 12.6. The molecule has 0 aromatic heterocycles. The highest BCUT2D eigenvalue weighted by Crippen LogP contribution is 2.56. The summed E-state index contributed by atoms with van der Waals surface area (Å²) >= 11 is 0. The molecule has 2 bridgehead atoms. The molecule has 1 saturated heterocycles. The van der Waals surface area contributed by atoms with E-state index in [1.54, 1.807) is 19.2 Å². The predicted octanol–water partition coefficient (Wildman–Crippen LogP) is 5.46. The number of ether oxygens (including phenoxy) is 3. The van der Waals surface area contributed by atoms with Gasteiger partial charge in [-0.1, -0.05) is 55.8 Å². The Balaban J connectivity index is 1.57. The average molecular weight is 407 g/mol. The molecule has 0 unspecified atom stereocenters. The van der Waals surface area contributed by atoms with Crippen LogP contribution >= 0.6 is 0 Å². The first-order valence-electron chi connectivity index (χ1n) is 10.6. The van der Waals surface area contributed by atoms with Crippen molar-refractivity contribution in [3.8, 4) is 5.75 Å². The van der Waals surface area contributed by atoms with Crippen LogP contribution in [0.2, 0.25) is 0 Å². The second-order valence-corrected chi connectivity index (χ2v) is 8.69. The number of hydrogen-bond acceptors (Lipinski definition) is 4. The molecule has 0 spiro atoms. The van der Waals surface area contributed by atoms with Gasteiger partial charge in [0.25, 0.3) is 0 Å². The maximum Gasteiger partial charge on any atom is 0.338 e. The number of hydrogen-bond donors (Lipinski definition) is 0. The van der Waals surface area contributed by atoms with E-state index in [0.717, 1.165) is 11.3 Å². The second-order valence-electron chi connectivity index (χ2n) is 8.69. The summed E-state index contributed by atoms with van der Waals surface area (Å²) in [7, 11) is 1.68. The topological polar surface area (TPSA) is 44.8 Å². The Morgan fingerprint density at radius 1 is 1.10 bits per heavy atom. The first-order chi connectivity index (χ1) is 14.5. The van der Waals surface area contributed by atoms with Gasteiger partial charge in [0.15, 0.2) is 0 Å². The van der Waals surface area contributed by atoms with Gasteiger partial charge in [0.1, 0.15) is 12.4 Å². The quantitative estimate of drug-likeness (QED) is 0.489. The number of methoxy groups -OCH3 is 1. The van der Waals surface area contributed by atoms with Crippen molar-refractivity contribution in [1.29, 1.82) is 0 Å². The van der Waals surface area contributed by atoms with Gasteiger partial charge in [-0.25, -0.2) is 4.79 Å². The Kier molecular flexibility index (Phi) is 5.70. The zero-order chi connectivity index (χ0) is 21.3. The average Bonchev–Trinajstić information content (AvgIpc) is 2.77. The summed E-state index contributed by atoms with van der Waals surface area (Å²) in [6, 6.07) is 17.3. The Morgan fingerprint density at radius 3 is 2.47 bits per heavy atom. The third kappa shape index (κ3) is 3.54. The monoisotopic (exact) mass is 406 g/mol. The molecule has 30 heavy (non-hydrogen) atoms. The van der Waals surface area contributed by atoms with E-state index in [9.17, 15) is 4.79 Å². The van der Waals surface area contributed by atoms with Crippen LogP contribution < -0.4 is 4.74 Å². The zero-order valence-electron chi connectivity index (χ0n) is 18.1. The Hall–Kier alpha value is -2.59. The van der Waals surface area contributed by atoms with Crippen molar-refractivity contribution in [3.63, 3.8) is 0 Å². The Morgan fingerprint density at radius 2 is 1.80 bits per heavy atom. The Labute approximate surface area is 178 Å². The number of esters is 1. The van der Waals surface area contributed by atoms with Gasteiger partial charge in [-0.3, -0.25) is 0 Å². The zero-order valence-corrected chi connectivity index (χ0v) is 18.1. The molecule has 0 amide bonds. The largest absolute Gasteiger partial charge is 0.497 e. The molecule has 4 rings (SSSR count). The van der Waals surface area contributed by atoms with Crippen molar-refractivity contribution in [2.24, 2.45) is 23.2 Å². The fourth-order valence-corrected chi connectivity index (χ4v) is 5.21. The van der Waals surface area contributed by atoms with Gasteiger partial charge in [0, 0.05) is 11.3 Å². The van der Waals surface area contributed by atoms with Crippen LogP contribution in [0.15, 0.2) is 66.2 Å². The molecule has 4 nitrogen and oxygen atoms in total. The van der Waals surface area contributed by atoms with E-state index < -0.39 is 0 Å². The first kappa shape index (κ1) is 20.7. The maximum atomic E-state index is 12.6. The van der Waals surface area contributed by atoms with Crippen LogP contribution in [-0.2, 0) is 9.47 Å². The van der Waals surface area contributed by atoms with E-state index in [2.05, 4.69) is 39.0 Å². The van der Waals surface area contributed by atoms with E-state index in [1.807, 2.05) is 30.3 Å². The molecular weight excluding hydrogens is 376 g/mol. The van der Waals surface area contributed by atoms with Crippen LogP contribution in [0, 0.1) is 23.2 Å². The number of rotatable bonds is 5. The van der Waals surface area contributed by atoms with E-state index in [4.69, 9.17) is 14.2 Å². The summed E-state index contributed by atoms with van der Waals surface area (Å²) in [5, 5.41) is 0. The highest BCUT2D eigenvalue weighted by molar-refractivity contribution is 5.89. The number of allylic oxidation sites excluding steroid dienone is 1. The van der Waals surface area contributed by atoms with Crippen LogP contribution in [0.1, 0.15) is 42.8 Å². The lowest BCUT2D eigenvalue weighted by atomic mass is 9.56. The van der Waals surface area contributed by atoms with Gasteiger partial charge in [-0.2, -0.15) is 0 Å². The smallest absolute Gasteiger partial charge is 0.338 e. The molecule has 158 valence electrons. The molecular formula is C26H30O4. The second kappa shape index (κ2) is 8.27. The molecule has 0 radical (unpaired) electrons. The summed E-state index contributed by atoms with van der Waals surface area (Å²) in [5.74, 6) is 1.41. The fourth-order valence-electron chi connectivity index (χ4n) is 5.21. The molecule has 2 aromatic carbocycles. The van der Waals surface area contributed by atoms with Crippen LogP contribution in [-0.4, -0.2) is 26.3 Å². The molecule has 1 fully saturated rings. The molecule has 0 saturated carbocycles. The van der Waals surface area contributed by atoms with Crippen LogP contribution in [0.3, 0.4) is 0 Å². The van der Waals surface area contributed by atoms with Gasteiger partial charge in [-0.05, 0) is 48.6 Å². The van der Waals surface area contributed by atoms with Crippen molar-refractivity contribution < 1.29 is 19.0 Å². The van der Waals surface area contributed by atoms with Crippen molar-refractivity contribution in [2.75, 3.05) is 20.3 Å². The first-order valence-corrected chi connectivity index (χ1v) is 10.6. The van der Waals surface area contributed by atoms with Gasteiger partial charge >= 0.3 is 5.97 Å². The third-order valence-electron chi connectivity index (χ3n) is 7.17. The lowest BCUT2D eigenvalue weighted by Crippen LogP contribution is -2.54. The molecule has 1 heterocycles. The van der Waals surface area contributed by atoms with E-state index in [0.29, 0.717) is 24.7 Å². The summed E-state index contributed by atoms with van der Waals surface area (Å²) in [6.45, 7) is 7.62. The summed E-state index contributed by atoms with van der Waals surface area (Å²) in [4.78, 5) is 12.6. The molecule has 2 aliphatic rings. The molecule has 4 heteroatoms. The minimum Gasteiger partial charge on any atom is -0.497 e. The van der Waals surface area contributed by atoms with Crippen LogP contribution in [0.25, 0.3) is 0 Å². The van der Waals surface area contributed by atoms with Crippen LogP contribution in [0.4, 0.5) is 0 Å². The molecule has 2 aromatic rings. The highest BCUT2D eigenvalue weighted by Gasteiger charge is 2.54. The highest BCUT2D eigenvalue weighted by atomic mass is 16.5. The minimum absolute atomic E-state index is 0.00685. The number of carbonyl (C=O) groups is 1. The van der Waals surface area contributed by atoms with E-state index in [-0.39, 0.29) is 29.3 Å². The van der Waals surface area contributed by atoms with E-state index in [1.165, 1.54) is 5.57 Å². The summed E-state index contributed by atoms with van der Waals surface area (Å²) < 4.78 is 17.6. The SMILES string of the molecule is COc1ccc([C@@H]2OC[C@@]3(COC(=O)c4ccccc4)[C@H](C)C=C(C)[C@H]2[C@@H]3C)cc1. The summed E-state index contributed by atoms with van der Waals surface area (Å²) in [5.41, 5.74) is 2.86. The number of benzene rings is 2.